The SMILES string of the molecule is CCC(C)C(N)C(=O)NCc1ccc(Br)cc1C(F)(F)F.Cl. The zero-order chi connectivity index (χ0) is 16.2. The quantitative estimate of drug-likeness (QED) is 0.784. The molecule has 2 atom stereocenters. The Morgan fingerprint density at radius 1 is 1.41 bits per heavy atom. The van der Waals surface area contributed by atoms with Gasteiger partial charge in [0.2, 0.25) is 5.91 Å². The van der Waals surface area contributed by atoms with E-state index in [1.807, 2.05) is 13.8 Å². The number of hydrogen-bond donors (Lipinski definition) is 2. The second kappa shape index (κ2) is 8.74. The summed E-state index contributed by atoms with van der Waals surface area (Å²) in [5.74, 6) is -0.475. The highest BCUT2D eigenvalue weighted by molar-refractivity contribution is 9.10. The van der Waals surface area contributed by atoms with E-state index in [4.69, 9.17) is 5.73 Å². The van der Waals surface area contributed by atoms with E-state index >= 15 is 0 Å². The van der Waals surface area contributed by atoms with Crippen molar-refractivity contribution in [1.29, 1.82) is 0 Å². The van der Waals surface area contributed by atoms with Gasteiger partial charge in [-0.2, -0.15) is 13.2 Å². The number of benzene rings is 1. The first-order chi connectivity index (χ1) is 9.66. The summed E-state index contributed by atoms with van der Waals surface area (Å²) < 4.78 is 39.1. The average molecular weight is 404 g/mol. The fraction of sp³-hybridized carbons (Fsp3) is 0.500. The second-order valence-corrected chi connectivity index (χ2v) is 5.84. The molecular formula is C14H19BrClF3N2O. The van der Waals surface area contributed by atoms with E-state index in [0.717, 1.165) is 12.5 Å². The molecule has 0 spiro atoms. The molecule has 3 nitrogen and oxygen atoms in total. The van der Waals surface area contributed by atoms with Crippen LogP contribution >= 0.6 is 28.3 Å². The average Bonchev–Trinajstić information content (AvgIpc) is 2.42. The molecule has 0 aliphatic heterocycles. The van der Waals surface area contributed by atoms with Gasteiger partial charge in [-0.05, 0) is 23.6 Å². The van der Waals surface area contributed by atoms with Crippen molar-refractivity contribution < 1.29 is 18.0 Å². The van der Waals surface area contributed by atoms with E-state index in [0.29, 0.717) is 4.47 Å². The van der Waals surface area contributed by atoms with Crippen LogP contribution in [0.4, 0.5) is 13.2 Å². The number of nitrogens with one attached hydrogen (secondary N) is 1. The summed E-state index contributed by atoms with van der Waals surface area (Å²) in [5, 5.41) is 2.47. The molecule has 0 bridgehead atoms. The Hall–Kier alpha value is -0.790. The molecule has 0 aliphatic carbocycles. The highest BCUT2D eigenvalue weighted by atomic mass is 79.9. The van der Waals surface area contributed by atoms with Crippen molar-refractivity contribution in [1.82, 2.24) is 5.32 Å². The monoisotopic (exact) mass is 402 g/mol. The molecule has 126 valence electrons. The Kier molecular flexibility index (Phi) is 8.43. The fourth-order valence-corrected chi connectivity index (χ4v) is 2.14. The van der Waals surface area contributed by atoms with Crippen molar-refractivity contribution in [3.05, 3.63) is 33.8 Å². The van der Waals surface area contributed by atoms with Crippen molar-refractivity contribution in [2.45, 2.75) is 39.0 Å². The van der Waals surface area contributed by atoms with Crippen LogP contribution in [-0.2, 0) is 17.5 Å². The van der Waals surface area contributed by atoms with Crippen LogP contribution in [0.5, 0.6) is 0 Å². The number of carbonyl (C=O) groups is 1. The molecule has 0 radical (unpaired) electrons. The second-order valence-electron chi connectivity index (χ2n) is 4.93. The minimum absolute atomic E-state index is 0. The molecule has 2 unspecified atom stereocenters. The third-order valence-corrected chi connectivity index (χ3v) is 3.88. The van der Waals surface area contributed by atoms with Crippen LogP contribution in [0.1, 0.15) is 31.4 Å². The van der Waals surface area contributed by atoms with Gasteiger partial charge in [0, 0.05) is 11.0 Å². The lowest BCUT2D eigenvalue weighted by atomic mass is 9.99. The summed E-state index contributed by atoms with van der Waals surface area (Å²) in [7, 11) is 0. The summed E-state index contributed by atoms with van der Waals surface area (Å²) in [4.78, 5) is 11.8. The van der Waals surface area contributed by atoms with Gasteiger partial charge in [-0.25, -0.2) is 0 Å². The number of rotatable bonds is 5. The zero-order valence-corrected chi connectivity index (χ0v) is 14.6. The molecule has 22 heavy (non-hydrogen) atoms. The van der Waals surface area contributed by atoms with Gasteiger partial charge in [0.1, 0.15) is 0 Å². The Morgan fingerprint density at radius 2 is 2.00 bits per heavy atom. The predicted octanol–water partition coefficient (Wildman–Crippen LogP) is 3.88. The van der Waals surface area contributed by atoms with E-state index in [1.54, 1.807) is 0 Å². The van der Waals surface area contributed by atoms with Gasteiger partial charge in [0.25, 0.3) is 0 Å². The largest absolute Gasteiger partial charge is 0.416 e. The molecule has 0 aromatic heterocycles. The van der Waals surface area contributed by atoms with Gasteiger partial charge >= 0.3 is 6.18 Å². The first-order valence-corrected chi connectivity index (χ1v) is 7.35. The molecule has 1 amide bonds. The number of hydrogen-bond acceptors (Lipinski definition) is 2. The smallest absolute Gasteiger partial charge is 0.351 e. The van der Waals surface area contributed by atoms with Crippen molar-refractivity contribution in [2.24, 2.45) is 11.7 Å². The van der Waals surface area contributed by atoms with Crippen molar-refractivity contribution in [3.8, 4) is 0 Å². The number of carbonyl (C=O) groups excluding carboxylic acids is 1. The van der Waals surface area contributed by atoms with Gasteiger partial charge in [0.05, 0.1) is 11.6 Å². The summed E-state index contributed by atoms with van der Waals surface area (Å²) >= 11 is 3.01. The highest BCUT2D eigenvalue weighted by Gasteiger charge is 2.33. The number of halogens is 5. The van der Waals surface area contributed by atoms with Crippen molar-refractivity contribution in [3.63, 3.8) is 0 Å². The van der Waals surface area contributed by atoms with E-state index in [1.165, 1.54) is 12.1 Å². The standard InChI is InChI=1S/C14H18BrF3N2O.ClH/c1-3-8(2)12(19)13(21)20-7-9-4-5-10(15)6-11(9)14(16,17)18;/h4-6,8,12H,3,7,19H2,1-2H3,(H,20,21);1H. The molecule has 0 fully saturated rings. The van der Waals surface area contributed by atoms with Gasteiger partial charge in [-0.15, -0.1) is 12.4 Å². The lowest BCUT2D eigenvalue weighted by molar-refractivity contribution is -0.138. The highest BCUT2D eigenvalue weighted by Crippen LogP contribution is 2.33. The van der Waals surface area contributed by atoms with Crippen LogP contribution in [0.2, 0.25) is 0 Å². The van der Waals surface area contributed by atoms with Crippen LogP contribution in [0.15, 0.2) is 22.7 Å². The molecule has 1 aromatic rings. The number of amides is 1. The predicted molar refractivity (Wildman–Crippen MR) is 85.7 cm³/mol. The number of alkyl halides is 3. The molecule has 0 heterocycles. The maximum Gasteiger partial charge on any atom is 0.416 e. The topological polar surface area (TPSA) is 55.1 Å². The van der Waals surface area contributed by atoms with Crippen LogP contribution in [-0.4, -0.2) is 11.9 Å². The number of nitrogens with two attached hydrogens (primary N) is 1. The van der Waals surface area contributed by atoms with Crippen LogP contribution in [0, 0.1) is 5.92 Å². The van der Waals surface area contributed by atoms with Crippen LogP contribution in [0.25, 0.3) is 0 Å². The minimum atomic E-state index is -4.47. The zero-order valence-electron chi connectivity index (χ0n) is 12.2. The van der Waals surface area contributed by atoms with Crippen LogP contribution < -0.4 is 11.1 Å². The third kappa shape index (κ3) is 5.78. The molecule has 1 aromatic carbocycles. The van der Waals surface area contributed by atoms with E-state index < -0.39 is 23.7 Å². The van der Waals surface area contributed by atoms with Gasteiger partial charge < -0.3 is 11.1 Å². The van der Waals surface area contributed by atoms with E-state index in [9.17, 15) is 18.0 Å². The van der Waals surface area contributed by atoms with Gasteiger partial charge in [-0.1, -0.05) is 42.3 Å². The molecular weight excluding hydrogens is 385 g/mol. The van der Waals surface area contributed by atoms with Gasteiger partial charge in [0.15, 0.2) is 0 Å². The molecule has 8 heteroatoms. The Bertz CT molecular complexity index is 511. The maximum atomic E-state index is 12.9. The molecule has 3 N–H and O–H groups in total. The summed E-state index contributed by atoms with van der Waals surface area (Å²) in [5.41, 5.74) is 4.98. The third-order valence-electron chi connectivity index (χ3n) is 3.39. The molecule has 0 saturated carbocycles. The van der Waals surface area contributed by atoms with E-state index in [2.05, 4.69) is 21.2 Å². The van der Waals surface area contributed by atoms with Gasteiger partial charge in [-0.3, -0.25) is 4.79 Å². The fourth-order valence-electron chi connectivity index (χ4n) is 1.78. The Labute approximate surface area is 142 Å². The lowest BCUT2D eigenvalue weighted by Gasteiger charge is -2.19. The van der Waals surface area contributed by atoms with Crippen molar-refractivity contribution >= 4 is 34.2 Å². The molecule has 1 rings (SSSR count). The summed E-state index contributed by atoms with van der Waals surface area (Å²) in [6, 6.07) is 3.11. The van der Waals surface area contributed by atoms with E-state index in [-0.39, 0.29) is 30.4 Å². The van der Waals surface area contributed by atoms with Crippen LogP contribution in [0.3, 0.4) is 0 Å². The molecule has 0 saturated heterocycles. The Morgan fingerprint density at radius 3 is 2.50 bits per heavy atom. The lowest BCUT2D eigenvalue weighted by Crippen LogP contribution is -2.44. The van der Waals surface area contributed by atoms with Crippen molar-refractivity contribution in [2.75, 3.05) is 0 Å². The first-order valence-electron chi connectivity index (χ1n) is 6.55. The molecule has 0 aliphatic rings. The summed E-state index contributed by atoms with van der Waals surface area (Å²) in [6.45, 7) is 3.52. The summed E-state index contributed by atoms with van der Waals surface area (Å²) in [6.07, 6.45) is -3.75. The Balaban J connectivity index is 0.00000441. The normalized spacial score (nSPS) is 14.0. The minimum Gasteiger partial charge on any atom is -0.351 e. The maximum absolute atomic E-state index is 12.9. The first kappa shape index (κ1) is 21.2.